The molecule has 1 aromatic carbocycles. The van der Waals surface area contributed by atoms with E-state index in [1.54, 1.807) is 24.3 Å². The van der Waals surface area contributed by atoms with Crippen molar-refractivity contribution >= 4 is 7.69 Å². The molecule has 0 saturated carbocycles. The molecule has 0 aromatic heterocycles. The molecule has 0 unspecified atom stereocenters. The fourth-order valence-electron chi connectivity index (χ4n) is 0.511. The average molecular weight is 224 g/mol. The van der Waals surface area contributed by atoms with E-state index in [-0.39, 0.29) is 40.1 Å². The van der Waals surface area contributed by atoms with E-state index in [1.807, 2.05) is 0 Å². The molecule has 0 fully saturated rings. The summed E-state index contributed by atoms with van der Waals surface area (Å²) in [7, 11) is 0.648. The summed E-state index contributed by atoms with van der Waals surface area (Å²) >= 11 is 0. The Labute approximate surface area is 93.2 Å². The van der Waals surface area contributed by atoms with Gasteiger partial charge in [0, 0.05) is 32.7 Å². The van der Waals surface area contributed by atoms with Crippen LogP contribution < -0.4 is 4.65 Å². The summed E-state index contributed by atoms with van der Waals surface area (Å²) in [4.78, 5) is 0. The van der Waals surface area contributed by atoms with Crippen molar-refractivity contribution in [2.24, 2.45) is 0 Å². The van der Waals surface area contributed by atoms with Gasteiger partial charge < -0.3 is 17.1 Å². The Bertz CT molecular complexity index is 169. The quantitative estimate of drug-likeness (QED) is 0.595. The monoisotopic (exact) mass is 224 g/mol. The topological polar surface area (TPSA) is 29.5 Å². The van der Waals surface area contributed by atoms with Crippen LogP contribution in [0.3, 0.4) is 0 Å². The van der Waals surface area contributed by atoms with E-state index in [2.05, 4.69) is 10.7 Å². The second kappa shape index (κ2) is 8.25. The molecule has 1 aromatic rings. The van der Waals surface area contributed by atoms with E-state index >= 15 is 0 Å². The number of hydrogen-bond donors (Lipinski definition) is 1. The first-order valence-electron chi connectivity index (χ1n) is 2.52. The summed E-state index contributed by atoms with van der Waals surface area (Å²) in [5, 5.41) is 8.16. The largest absolute Gasteiger partial charge is 0.567 e. The molecular formula is C7H8BO2Y-2. The Kier molecular flexibility index (Phi) is 10.3. The zero-order valence-electron chi connectivity index (χ0n) is 6.32. The van der Waals surface area contributed by atoms with E-state index in [9.17, 15) is 0 Å². The van der Waals surface area contributed by atoms with E-state index < -0.39 is 0 Å². The van der Waals surface area contributed by atoms with Crippen LogP contribution in [0.4, 0.5) is 0 Å². The van der Waals surface area contributed by atoms with Crippen LogP contribution in [-0.2, 0) is 32.7 Å². The van der Waals surface area contributed by atoms with Crippen molar-refractivity contribution < 1.29 is 42.4 Å². The second-order valence-corrected chi connectivity index (χ2v) is 1.46. The van der Waals surface area contributed by atoms with Gasteiger partial charge in [-0.1, -0.05) is 0 Å². The average Bonchev–Trinajstić information content (AvgIpc) is 1.91. The molecule has 0 aliphatic heterocycles. The Balaban J connectivity index is 0. The minimum absolute atomic E-state index is 0. The van der Waals surface area contributed by atoms with Gasteiger partial charge in [-0.15, -0.1) is 12.1 Å². The van der Waals surface area contributed by atoms with Gasteiger partial charge in [0.05, 0.1) is 0 Å². The van der Waals surface area contributed by atoms with Gasteiger partial charge in [0.25, 0.3) is 0 Å². The van der Waals surface area contributed by atoms with E-state index in [0.717, 1.165) is 0 Å². The van der Waals surface area contributed by atoms with Gasteiger partial charge >= 0.3 is 7.69 Å². The molecule has 0 aliphatic rings. The molecule has 1 rings (SSSR count). The maximum atomic E-state index is 8.16. The summed E-state index contributed by atoms with van der Waals surface area (Å²) < 4.78 is 4.62. The summed E-state index contributed by atoms with van der Waals surface area (Å²) in [6.45, 7) is 0. The molecule has 1 N–H and O–H groups in total. The van der Waals surface area contributed by atoms with Gasteiger partial charge in [-0.05, 0) is 5.75 Å². The van der Waals surface area contributed by atoms with Crippen molar-refractivity contribution in [3.8, 4) is 5.75 Å². The maximum Gasteiger partial charge on any atom is 0.567 e. The Hall–Kier alpha value is 0.149. The van der Waals surface area contributed by atoms with Crippen LogP contribution in [0.25, 0.3) is 0 Å². The van der Waals surface area contributed by atoms with Crippen LogP contribution in [0.2, 0.25) is 0 Å². The first-order valence-corrected chi connectivity index (χ1v) is 2.52. The minimum Gasteiger partial charge on any atom is -0.558 e. The number of benzene rings is 1. The molecule has 0 bridgehead atoms. The van der Waals surface area contributed by atoms with Crippen LogP contribution in [-0.4, -0.2) is 12.7 Å². The van der Waals surface area contributed by atoms with Crippen LogP contribution in [0, 0.1) is 13.5 Å². The first kappa shape index (κ1) is 13.7. The van der Waals surface area contributed by atoms with E-state index in [4.69, 9.17) is 5.02 Å². The van der Waals surface area contributed by atoms with Crippen LogP contribution in [0.15, 0.2) is 24.3 Å². The van der Waals surface area contributed by atoms with Gasteiger partial charge in [0.1, 0.15) is 0 Å². The van der Waals surface area contributed by atoms with Crippen LogP contribution in [0.5, 0.6) is 5.75 Å². The molecular weight excluding hydrogens is 216 g/mol. The zero-order valence-corrected chi connectivity index (χ0v) is 9.16. The second-order valence-electron chi connectivity index (χ2n) is 1.46. The molecule has 0 amide bonds. The molecule has 2 radical (unpaired) electrons. The Morgan fingerprint density at radius 1 is 1.36 bits per heavy atom. The van der Waals surface area contributed by atoms with Crippen molar-refractivity contribution in [3.05, 3.63) is 37.8 Å². The minimum atomic E-state index is 0. The predicted molar refractivity (Wildman–Crippen MR) is 40.3 cm³/mol. The molecule has 4 heteroatoms. The van der Waals surface area contributed by atoms with Gasteiger partial charge in [-0.25, -0.2) is 0 Å². The zero-order chi connectivity index (χ0) is 6.53. The molecule has 0 saturated heterocycles. The fourth-order valence-corrected chi connectivity index (χ4v) is 0.511. The van der Waals surface area contributed by atoms with Gasteiger partial charge in [0.2, 0.25) is 0 Å². The van der Waals surface area contributed by atoms with Gasteiger partial charge in [0.15, 0.2) is 0 Å². The van der Waals surface area contributed by atoms with Crippen molar-refractivity contribution in [2.75, 3.05) is 0 Å². The molecule has 0 spiro atoms. The third-order valence-electron chi connectivity index (χ3n) is 0.876. The van der Waals surface area contributed by atoms with Crippen LogP contribution in [0.1, 0.15) is 0 Å². The first-order chi connectivity index (χ1) is 4.43. The third-order valence-corrected chi connectivity index (χ3v) is 0.876. The Morgan fingerprint density at radius 2 is 1.91 bits per heavy atom. The van der Waals surface area contributed by atoms with Crippen molar-refractivity contribution in [1.29, 1.82) is 0 Å². The van der Waals surface area contributed by atoms with Crippen LogP contribution >= 0.6 is 0 Å². The summed E-state index contributed by atoms with van der Waals surface area (Å²) in [5.74, 6) is 0.608. The van der Waals surface area contributed by atoms with Crippen molar-refractivity contribution in [1.82, 2.24) is 0 Å². The molecule has 56 valence electrons. The molecule has 0 heterocycles. The standard InChI is InChI=1S/C6H5BO2.CH3.Y/c8-7-9-6-4-2-1-3-5-6;;/h2-5,8H;1H3;/q2*-1;. The normalized spacial score (nSPS) is 7.00. The van der Waals surface area contributed by atoms with E-state index in [1.165, 1.54) is 0 Å². The molecule has 2 nitrogen and oxygen atoms in total. The molecule has 0 atom stereocenters. The third kappa shape index (κ3) is 5.42. The number of hydrogen-bond acceptors (Lipinski definition) is 2. The predicted octanol–water partition coefficient (Wildman–Crippen LogP) is 0.840. The summed E-state index contributed by atoms with van der Waals surface area (Å²) in [5.41, 5.74) is 0. The Morgan fingerprint density at radius 3 is 2.36 bits per heavy atom. The fraction of sp³-hybridized carbons (Fsp3) is 0. The molecule has 11 heavy (non-hydrogen) atoms. The smallest absolute Gasteiger partial charge is 0.558 e. The summed E-state index contributed by atoms with van der Waals surface area (Å²) in [6.07, 6.45) is 0. The van der Waals surface area contributed by atoms with Gasteiger partial charge in [-0.2, -0.15) is 18.2 Å². The SMILES string of the molecule is O[B]Oc1cc[c-]cc1.[CH3-].[Y]. The number of rotatable bonds is 2. The van der Waals surface area contributed by atoms with Crippen molar-refractivity contribution in [2.45, 2.75) is 0 Å². The van der Waals surface area contributed by atoms with Crippen molar-refractivity contribution in [3.63, 3.8) is 0 Å². The molecule has 0 aliphatic carbocycles. The van der Waals surface area contributed by atoms with Gasteiger partial charge in [-0.3, -0.25) is 0 Å². The maximum absolute atomic E-state index is 8.16. The summed E-state index contributed by atoms with van der Waals surface area (Å²) in [6, 6.07) is 9.63. The van der Waals surface area contributed by atoms with E-state index in [0.29, 0.717) is 13.4 Å².